The summed E-state index contributed by atoms with van der Waals surface area (Å²) in [6, 6.07) is 7.93. The minimum absolute atomic E-state index is 0.174. The molecule has 0 radical (unpaired) electrons. The fourth-order valence-corrected chi connectivity index (χ4v) is 2.15. The van der Waals surface area contributed by atoms with Gasteiger partial charge in [-0.05, 0) is 18.6 Å². The van der Waals surface area contributed by atoms with E-state index in [0.717, 1.165) is 23.4 Å². The highest BCUT2D eigenvalue weighted by atomic mass is 16.5. The third-order valence-corrected chi connectivity index (χ3v) is 3.04. The van der Waals surface area contributed by atoms with Crippen molar-refractivity contribution in [2.75, 3.05) is 13.7 Å². The summed E-state index contributed by atoms with van der Waals surface area (Å²) in [6.45, 7) is 1.35. The van der Waals surface area contributed by atoms with Crippen molar-refractivity contribution in [1.29, 1.82) is 0 Å². The molecule has 1 N–H and O–H groups in total. The van der Waals surface area contributed by atoms with Gasteiger partial charge in [-0.1, -0.05) is 12.1 Å². The topological polar surface area (TPSA) is 64.3 Å². The van der Waals surface area contributed by atoms with E-state index < -0.39 is 5.97 Å². The predicted molar refractivity (Wildman–Crippen MR) is 72.2 cm³/mol. The number of fused-ring (bicyclic) bond motifs is 1. The van der Waals surface area contributed by atoms with Gasteiger partial charge in [0.15, 0.2) is 0 Å². The Morgan fingerprint density at radius 3 is 2.95 bits per heavy atom. The molecule has 0 fully saturated rings. The number of methoxy groups -OCH3 is 1. The monoisotopic (exact) mass is 262 g/mol. The first kappa shape index (κ1) is 13.5. The van der Waals surface area contributed by atoms with Crippen LogP contribution in [0.5, 0.6) is 0 Å². The highest BCUT2D eigenvalue weighted by Crippen LogP contribution is 2.17. The molecular weight excluding hydrogens is 244 g/mol. The molecule has 0 atom stereocenters. The lowest BCUT2D eigenvalue weighted by Crippen LogP contribution is -2.09. The van der Waals surface area contributed by atoms with Gasteiger partial charge in [-0.3, -0.25) is 4.79 Å². The van der Waals surface area contributed by atoms with Gasteiger partial charge in [0, 0.05) is 26.5 Å². The molecule has 0 aliphatic carbocycles. The van der Waals surface area contributed by atoms with Gasteiger partial charge in [0.25, 0.3) is 0 Å². The number of hydrogen-bond donors (Lipinski definition) is 1. The van der Waals surface area contributed by atoms with Crippen LogP contribution < -0.4 is 0 Å². The van der Waals surface area contributed by atoms with Gasteiger partial charge in [-0.2, -0.15) is 0 Å². The number of carboxylic acids is 1. The fraction of sp³-hybridized carbons (Fsp3) is 0.429. The summed E-state index contributed by atoms with van der Waals surface area (Å²) in [5, 5.41) is 8.69. The molecule has 1 aromatic heterocycles. The molecule has 19 heavy (non-hydrogen) atoms. The molecule has 1 aromatic carbocycles. The van der Waals surface area contributed by atoms with Crippen LogP contribution in [0.4, 0.5) is 0 Å². The lowest BCUT2D eigenvalue weighted by Gasteiger charge is -2.08. The summed E-state index contributed by atoms with van der Waals surface area (Å²) in [6.07, 6.45) is 1.45. The number of carbonyl (C=O) groups is 1. The average Bonchev–Trinajstić information content (AvgIpc) is 2.74. The number of aromatic nitrogens is 2. The Bertz CT molecular complexity index is 563. The van der Waals surface area contributed by atoms with Crippen molar-refractivity contribution < 1.29 is 14.6 Å². The normalized spacial score (nSPS) is 11.0. The molecule has 0 amide bonds. The molecule has 2 rings (SSSR count). The molecule has 0 aliphatic heterocycles. The zero-order valence-electron chi connectivity index (χ0n) is 11.0. The van der Waals surface area contributed by atoms with Gasteiger partial charge in [-0.25, -0.2) is 4.98 Å². The number of imidazole rings is 1. The maximum atomic E-state index is 10.6. The van der Waals surface area contributed by atoms with Crippen LogP contribution in [-0.4, -0.2) is 34.3 Å². The van der Waals surface area contributed by atoms with Gasteiger partial charge < -0.3 is 14.4 Å². The van der Waals surface area contributed by atoms with E-state index >= 15 is 0 Å². The van der Waals surface area contributed by atoms with Crippen LogP contribution >= 0.6 is 0 Å². The summed E-state index contributed by atoms with van der Waals surface area (Å²) in [4.78, 5) is 15.1. The molecule has 102 valence electrons. The van der Waals surface area contributed by atoms with Crippen molar-refractivity contribution in [1.82, 2.24) is 9.55 Å². The van der Waals surface area contributed by atoms with Crippen molar-refractivity contribution in [3.8, 4) is 0 Å². The van der Waals surface area contributed by atoms with E-state index in [0.29, 0.717) is 19.4 Å². The molecule has 0 bridgehead atoms. The van der Waals surface area contributed by atoms with Gasteiger partial charge >= 0.3 is 5.97 Å². The van der Waals surface area contributed by atoms with Crippen LogP contribution in [0.2, 0.25) is 0 Å². The van der Waals surface area contributed by atoms with Crippen molar-refractivity contribution in [2.24, 2.45) is 0 Å². The quantitative estimate of drug-likeness (QED) is 0.829. The molecule has 0 spiro atoms. The number of hydrogen-bond acceptors (Lipinski definition) is 3. The Labute approximate surface area is 111 Å². The number of nitrogens with zero attached hydrogens (tertiary/aromatic N) is 2. The van der Waals surface area contributed by atoms with E-state index in [9.17, 15) is 4.79 Å². The first-order chi connectivity index (χ1) is 9.22. The maximum Gasteiger partial charge on any atom is 0.303 e. The standard InChI is InChI=1S/C14H18N2O3/c1-19-10-9-16-12-6-3-2-5-11(12)15-13(16)7-4-8-14(17)18/h2-3,5-6H,4,7-10H2,1H3,(H,17,18). The zero-order valence-corrected chi connectivity index (χ0v) is 11.0. The largest absolute Gasteiger partial charge is 0.481 e. The third-order valence-electron chi connectivity index (χ3n) is 3.04. The lowest BCUT2D eigenvalue weighted by molar-refractivity contribution is -0.137. The number of para-hydroxylation sites is 2. The van der Waals surface area contributed by atoms with Crippen LogP contribution in [0.25, 0.3) is 11.0 Å². The zero-order chi connectivity index (χ0) is 13.7. The number of aliphatic carboxylic acids is 1. The second-order valence-corrected chi connectivity index (χ2v) is 4.41. The van der Waals surface area contributed by atoms with Gasteiger partial charge in [-0.15, -0.1) is 0 Å². The van der Waals surface area contributed by atoms with Crippen LogP contribution in [0.15, 0.2) is 24.3 Å². The van der Waals surface area contributed by atoms with Crippen LogP contribution in [-0.2, 0) is 22.5 Å². The van der Waals surface area contributed by atoms with E-state index in [1.807, 2.05) is 24.3 Å². The summed E-state index contributed by atoms with van der Waals surface area (Å²) >= 11 is 0. The highest BCUT2D eigenvalue weighted by molar-refractivity contribution is 5.75. The number of ether oxygens (including phenoxy) is 1. The second kappa shape index (κ2) is 6.33. The van der Waals surface area contributed by atoms with Crippen LogP contribution in [0.1, 0.15) is 18.7 Å². The SMILES string of the molecule is COCCn1c(CCCC(=O)O)nc2ccccc21. The number of carboxylic acid groups (broad SMARTS) is 1. The molecule has 2 aromatic rings. The Hall–Kier alpha value is -1.88. The molecule has 1 heterocycles. The summed E-state index contributed by atoms with van der Waals surface area (Å²) in [5.41, 5.74) is 2.02. The van der Waals surface area contributed by atoms with Crippen molar-refractivity contribution in [3.63, 3.8) is 0 Å². The maximum absolute atomic E-state index is 10.6. The number of aryl methyl sites for hydroxylation is 1. The van der Waals surface area contributed by atoms with E-state index in [4.69, 9.17) is 9.84 Å². The van der Waals surface area contributed by atoms with Crippen molar-refractivity contribution in [3.05, 3.63) is 30.1 Å². The fourth-order valence-electron chi connectivity index (χ4n) is 2.15. The van der Waals surface area contributed by atoms with Crippen molar-refractivity contribution >= 4 is 17.0 Å². The Morgan fingerprint density at radius 1 is 1.42 bits per heavy atom. The Kier molecular flexibility index (Phi) is 4.52. The lowest BCUT2D eigenvalue weighted by atomic mass is 10.2. The Balaban J connectivity index is 2.22. The van der Waals surface area contributed by atoms with E-state index in [1.54, 1.807) is 7.11 Å². The van der Waals surface area contributed by atoms with Crippen LogP contribution in [0.3, 0.4) is 0 Å². The van der Waals surface area contributed by atoms with E-state index in [1.165, 1.54) is 0 Å². The average molecular weight is 262 g/mol. The van der Waals surface area contributed by atoms with E-state index in [-0.39, 0.29) is 6.42 Å². The molecule has 0 unspecified atom stereocenters. The number of benzene rings is 1. The minimum atomic E-state index is -0.764. The second-order valence-electron chi connectivity index (χ2n) is 4.41. The summed E-state index contributed by atoms with van der Waals surface area (Å²) in [5.74, 6) is 0.166. The molecule has 5 nitrogen and oxygen atoms in total. The summed E-state index contributed by atoms with van der Waals surface area (Å²) < 4.78 is 7.23. The van der Waals surface area contributed by atoms with Gasteiger partial charge in [0.05, 0.1) is 17.6 Å². The van der Waals surface area contributed by atoms with Gasteiger partial charge in [0.1, 0.15) is 5.82 Å². The first-order valence-electron chi connectivity index (χ1n) is 6.37. The summed E-state index contributed by atoms with van der Waals surface area (Å²) in [7, 11) is 1.67. The van der Waals surface area contributed by atoms with Crippen LogP contribution in [0, 0.1) is 0 Å². The van der Waals surface area contributed by atoms with E-state index in [2.05, 4.69) is 9.55 Å². The molecular formula is C14H18N2O3. The predicted octanol–water partition coefficient (Wildman–Crippen LogP) is 2.09. The van der Waals surface area contributed by atoms with Gasteiger partial charge in [0.2, 0.25) is 0 Å². The molecule has 0 saturated carbocycles. The highest BCUT2D eigenvalue weighted by Gasteiger charge is 2.10. The number of rotatable bonds is 7. The Morgan fingerprint density at radius 2 is 2.21 bits per heavy atom. The van der Waals surface area contributed by atoms with Crippen molar-refractivity contribution in [2.45, 2.75) is 25.8 Å². The molecule has 0 saturated heterocycles. The third kappa shape index (κ3) is 3.32. The first-order valence-corrected chi connectivity index (χ1v) is 6.37. The molecule has 0 aliphatic rings. The smallest absolute Gasteiger partial charge is 0.303 e. The molecule has 5 heteroatoms. The minimum Gasteiger partial charge on any atom is -0.481 e.